The van der Waals surface area contributed by atoms with Gasteiger partial charge < -0.3 is 10.4 Å². The fourth-order valence-corrected chi connectivity index (χ4v) is 2.49. The summed E-state index contributed by atoms with van der Waals surface area (Å²) in [6, 6.07) is -0.940. The fraction of sp³-hybridized carbons (Fsp3) is 0.833. The number of rotatable bonds is 4. The van der Waals surface area contributed by atoms with Gasteiger partial charge in [-0.3, -0.25) is 9.59 Å². The van der Waals surface area contributed by atoms with E-state index in [1.54, 1.807) is 0 Å². The molecule has 19 heavy (non-hydrogen) atoms. The number of carbonyl (C=O) groups excluding carboxylic acids is 1. The second-order valence-electron chi connectivity index (χ2n) is 4.93. The number of hydrogen-bond acceptors (Lipinski definition) is 2. The summed E-state index contributed by atoms with van der Waals surface area (Å²) in [5, 5.41) is 10.6. The number of carboxylic acids is 1. The summed E-state index contributed by atoms with van der Waals surface area (Å²) in [5.74, 6) is -3.44. The van der Waals surface area contributed by atoms with Gasteiger partial charge in [0, 0.05) is 6.04 Å². The number of nitrogens with one attached hydrogen (secondary N) is 1. The Kier molecular flexibility index (Phi) is 5.62. The summed E-state index contributed by atoms with van der Waals surface area (Å²) >= 11 is 0. The van der Waals surface area contributed by atoms with Crippen molar-refractivity contribution in [1.29, 1.82) is 0 Å². The lowest BCUT2D eigenvalue weighted by molar-refractivity contribution is -0.175. The highest BCUT2D eigenvalue weighted by atomic mass is 19.4. The van der Waals surface area contributed by atoms with Crippen molar-refractivity contribution in [2.75, 3.05) is 0 Å². The van der Waals surface area contributed by atoms with Gasteiger partial charge in [0.2, 0.25) is 0 Å². The molecule has 1 aliphatic carbocycles. The zero-order chi connectivity index (χ0) is 14.5. The number of aliphatic carboxylic acids is 1. The van der Waals surface area contributed by atoms with Crippen molar-refractivity contribution in [3.05, 3.63) is 0 Å². The molecule has 110 valence electrons. The second kappa shape index (κ2) is 6.77. The van der Waals surface area contributed by atoms with Crippen LogP contribution in [0.1, 0.15) is 44.9 Å². The number of halogens is 3. The molecule has 4 nitrogen and oxygen atoms in total. The number of carboxylic acid groups (broad SMARTS) is 1. The van der Waals surface area contributed by atoms with Crippen molar-refractivity contribution < 1.29 is 27.9 Å². The van der Waals surface area contributed by atoms with E-state index in [0.717, 1.165) is 25.7 Å². The molecular formula is C12H18F3NO3. The van der Waals surface area contributed by atoms with Gasteiger partial charge >= 0.3 is 18.1 Å². The summed E-state index contributed by atoms with van der Waals surface area (Å²) in [7, 11) is 0. The van der Waals surface area contributed by atoms with Gasteiger partial charge in [-0.15, -0.1) is 0 Å². The Morgan fingerprint density at radius 1 is 1.16 bits per heavy atom. The molecule has 0 bridgehead atoms. The monoisotopic (exact) mass is 281 g/mol. The van der Waals surface area contributed by atoms with Gasteiger partial charge in [-0.05, 0) is 18.8 Å². The summed E-state index contributed by atoms with van der Waals surface area (Å²) in [6.07, 6.45) is -0.376. The van der Waals surface area contributed by atoms with Crippen molar-refractivity contribution in [3.63, 3.8) is 0 Å². The summed E-state index contributed by atoms with van der Waals surface area (Å²) in [4.78, 5) is 21.7. The molecule has 1 aliphatic rings. The van der Waals surface area contributed by atoms with Crippen LogP contribution in [0.15, 0.2) is 0 Å². The van der Waals surface area contributed by atoms with Crippen molar-refractivity contribution in [3.8, 4) is 0 Å². The van der Waals surface area contributed by atoms with Crippen molar-refractivity contribution in [1.82, 2.24) is 5.32 Å². The molecule has 0 aromatic carbocycles. The molecule has 0 radical (unpaired) electrons. The van der Waals surface area contributed by atoms with Crippen LogP contribution < -0.4 is 5.32 Å². The lowest BCUT2D eigenvalue weighted by atomic mass is 9.89. The predicted octanol–water partition coefficient (Wildman–Crippen LogP) is 2.48. The maximum Gasteiger partial charge on any atom is 0.471 e. The van der Waals surface area contributed by atoms with Crippen molar-refractivity contribution in [2.24, 2.45) is 5.92 Å². The Hall–Kier alpha value is -1.27. The molecule has 0 aromatic rings. The van der Waals surface area contributed by atoms with Gasteiger partial charge in [0.05, 0.1) is 6.42 Å². The number of hydrogen-bond donors (Lipinski definition) is 2. The topological polar surface area (TPSA) is 66.4 Å². The first-order valence-electron chi connectivity index (χ1n) is 6.40. The normalized spacial score (nSPS) is 19.5. The van der Waals surface area contributed by atoms with E-state index in [1.807, 2.05) is 5.32 Å². The average molecular weight is 281 g/mol. The van der Waals surface area contributed by atoms with Crippen LogP contribution in [-0.4, -0.2) is 29.2 Å². The van der Waals surface area contributed by atoms with Gasteiger partial charge in [-0.1, -0.05) is 25.7 Å². The van der Waals surface area contributed by atoms with Crippen LogP contribution in [0.25, 0.3) is 0 Å². The Balaban J connectivity index is 2.70. The third-order valence-electron chi connectivity index (χ3n) is 3.44. The minimum absolute atomic E-state index is 0.190. The zero-order valence-corrected chi connectivity index (χ0v) is 10.5. The molecular weight excluding hydrogens is 263 g/mol. The fourth-order valence-electron chi connectivity index (χ4n) is 2.49. The molecule has 0 spiro atoms. The largest absolute Gasteiger partial charge is 0.481 e. The van der Waals surface area contributed by atoms with E-state index < -0.39 is 30.5 Å². The van der Waals surface area contributed by atoms with Crippen LogP contribution in [0.2, 0.25) is 0 Å². The van der Waals surface area contributed by atoms with Crippen molar-refractivity contribution >= 4 is 11.9 Å². The quantitative estimate of drug-likeness (QED) is 0.778. The number of amides is 1. The van der Waals surface area contributed by atoms with Gasteiger partial charge in [-0.25, -0.2) is 0 Å². The molecule has 1 rings (SSSR count). The van der Waals surface area contributed by atoms with Gasteiger partial charge in [-0.2, -0.15) is 13.2 Å². The highest BCUT2D eigenvalue weighted by Gasteiger charge is 2.41. The minimum Gasteiger partial charge on any atom is -0.481 e. The molecule has 2 N–H and O–H groups in total. The minimum atomic E-state index is -4.97. The Morgan fingerprint density at radius 2 is 1.68 bits per heavy atom. The third kappa shape index (κ3) is 5.48. The van der Waals surface area contributed by atoms with Crippen molar-refractivity contribution in [2.45, 2.75) is 57.2 Å². The predicted molar refractivity (Wildman–Crippen MR) is 61.4 cm³/mol. The SMILES string of the molecule is O=C(O)CC(NC(=O)C(F)(F)F)C1CCCCCC1. The van der Waals surface area contributed by atoms with Crippen LogP contribution in [0.3, 0.4) is 0 Å². The maximum atomic E-state index is 12.2. The standard InChI is InChI=1S/C12H18F3NO3/c13-12(14,15)11(19)16-9(7-10(17)18)8-5-3-1-2-4-6-8/h8-9H,1-7H2,(H,16,19)(H,17,18). The van der Waals surface area contributed by atoms with Gasteiger partial charge in [0.1, 0.15) is 0 Å². The van der Waals surface area contributed by atoms with Gasteiger partial charge in [0.25, 0.3) is 0 Å². The smallest absolute Gasteiger partial charge is 0.471 e. The van der Waals surface area contributed by atoms with E-state index in [2.05, 4.69) is 0 Å². The van der Waals surface area contributed by atoms with E-state index in [-0.39, 0.29) is 5.92 Å². The van der Waals surface area contributed by atoms with E-state index in [1.165, 1.54) is 0 Å². The third-order valence-corrected chi connectivity index (χ3v) is 3.44. The van der Waals surface area contributed by atoms with Gasteiger partial charge in [0.15, 0.2) is 0 Å². The molecule has 1 amide bonds. The van der Waals surface area contributed by atoms with E-state index in [4.69, 9.17) is 5.11 Å². The van der Waals surface area contributed by atoms with Crippen LogP contribution >= 0.6 is 0 Å². The van der Waals surface area contributed by atoms with E-state index in [0.29, 0.717) is 12.8 Å². The maximum absolute atomic E-state index is 12.2. The molecule has 1 atom stereocenters. The summed E-state index contributed by atoms with van der Waals surface area (Å²) in [6.45, 7) is 0. The van der Waals surface area contributed by atoms with Crippen LogP contribution in [0.4, 0.5) is 13.2 Å². The first-order valence-corrected chi connectivity index (χ1v) is 6.40. The molecule has 0 aromatic heterocycles. The zero-order valence-electron chi connectivity index (χ0n) is 10.5. The molecule has 1 saturated carbocycles. The molecule has 7 heteroatoms. The number of alkyl halides is 3. The molecule has 0 heterocycles. The Morgan fingerprint density at radius 3 is 2.11 bits per heavy atom. The lowest BCUT2D eigenvalue weighted by Gasteiger charge is -2.26. The molecule has 1 unspecified atom stereocenters. The highest BCUT2D eigenvalue weighted by molar-refractivity contribution is 5.82. The first-order chi connectivity index (χ1) is 8.80. The van der Waals surface area contributed by atoms with E-state index >= 15 is 0 Å². The van der Waals surface area contributed by atoms with Crippen LogP contribution in [0.5, 0.6) is 0 Å². The average Bonchev–Trinajstić information content (AvgIpc) is 2.54. The summed E-state index contributed by atoms with van der Waals surface area (Å²) < 4.78 is 36.7. The molecule has 0 aliphatic heterocycles. The molecule has 1 fully saturated rings. The molecule has 0 saturated heterocycles. The van der Waals surface area contributed by atoms with Crippen LogP contribution in [0, 0.1) is 5.92 Å². The second-order valence-corrected chi connectivity index (χ2v) is 4.93. The first kappa shape index (κ1) is 15.8. The Labute approximate surface area is 109 Å². The Bertz CT molecular complexity index is 323. The van der Waals surface area contributed by atoms with Crippen LogP contribution in [-0.2, 0) is 9.59 Å². The highest BCUT2D eigenvalue weighted by Crippen LogP contribution is 2.27. The number of carbonyl (C=O) groups is 2. The summed E-state index contributed by atoms with van der Waals surface area (Å²) in [5.41, 5.74) is 0. The van der Waals surface area contributed by atoms with E-state index in [9.17, 15) is 22.8 Å². The lowest BCUT2D eigenvalue weighted by Crippen LogP contribution is -2.47.